The van der Waals surface area contributed by atoms with Gasteiger partial charge in [-0.25, -0.2) is 13.4 Å². The Morgan fingerprint density at radius 3 is 2.34 bits per heavy atom. The van der Waals surface area contributed by atoms with Crippen molar-refractivity contribution in [2.24, 2.45) is 0 Å². The predicted octanol–water partition coefficient (Wildman–Crippen LogP) is 3.31. The van der Waals surface area contributed by atoms with Gasteiger partial charge in [0.2, 0.25) is 15.9 Å². The highest BCUT2D eigenvalue weighted by Gasteiger charge is 2.21. The summed E-state index contributed by atoms with van der Waals surface area (Å²) >= 11 is 0. The van der Waals surface area contributed by atoms with Crippen molar-refractivity contribution in [1.29, 1.82) is 0 Å². The first-order valence-corrected chi connectivity index (χ1v) is 10.7. The summed E-state index contributed by atoms with van der Waals surface area (Å²) in [5.74, 6) is -0.348. The molecule has 0 aliphatic rings. The molecule has 150 valence electrons. The zero-order valence-corrected chi connectivity index (χ0v) is 17.1. The van der Waals surface area contributed by atoms with Crippen molar-refractivity contribution in [2.75, 3.05) is 18.4 Å². The molecule has 3 rings (SSSR count). The average molecular weight is 410 g/mol. The summed E-state index contributed by atoms with van der Waals surface area (Å²) in [6, 6.07) is 13.6. The van der Waals surface area contributed by atoms with E-state index in [2.05, 4.69) is 15.3 Å². The van der Waals surface area contributed by atoms with E-state index >= 15 is 0 Å². The van der Waals surface area contributed by atoms with Crippen molar-refractivity contribution >= 4 is 38.7 Å². The molecular formula is C21H22N4O3S. The van der Waals surface area contributed by atoms with Crippen LogP contribution in [-0.2, 0) is 14.8 Å². The minimum Gasteiger partial charge on any atom is -0.323 e. The van der Waals surface area contributed by atoms with Gasteiger partial charge in [0, 0.05) is 24.9 Å². The van der Waals surface area contributed by atoms with Crippen LogP contribution in [0.2, 0.25) is 0 Å². The molecule has 0 atom stereocenters. The summed E-state index contributed by atoms with van der Waals surface area (Å²) in [6.45, 7) is 4.39. The molecule has 8 heteroatoms. The van der Waals surface area contributed by atoms with Crippen LogP contribution >= 0.6 is 0 Å². The van der Waals surface area contributed by atoms with Crippen LogP contribution in [0, 0.1) is 0 Å². The Labute approximate surface area is 170 Å². The van der Waals surface area contributed by atoms with Crippen LogP contribution in [-0.4, -0.2) is 41.7 Å². The lowest BCUT2D eigenvalue weighted by molar-refractivity contribution is -0.111. The van der Waals surface area contributed by atoms with Crippen molar-refractivity contribution in [3.63, 3.8) is 0 Å². The highest BCUT2D eigenvalue weighted by atomic mass is 32.2. The molecule has 3 aromatic rings. The van der Waals surface area contributed by atoms with Gasteiger partial charge in [0.1, 0.15) is 0 Å². The smallest absolute Gasteiger partial charge is 0.248 e. The summed E-state index contributed by atoms with van der Waals surface area (Å²) in [6.07, 6.45) is 4.53. The van der Waals surface area contributed by atoms with Crippen molar-refractivity contribution < 1.29 is 13.2 Å². The molecule has 1 heterocycles. The number of benzene rings is 2. The van der Waals surface area contributed by atoms with Crippen LogP contribution in [0.1, 0.15) is 19.5 Å². The van der Waals surface area contributed by atoms with E-state index < -0.39 is 10.0 Å². The summed E-state index contributed by atoms with van der Waals surface area (Å²) in [4.78, 5) is 21.1. The molecule has 0 saturated carbocycles. The molecule has 0 saturated heterocycles. The lowest BCUT2D eigenvalue weighted by Crippen LogP contribution is -2.30. The zero-order valence-electron chi connectivity index (χ0n) is 16.2. The third kappa shape index (κ3) is 4.85. The molecule has 29 heavy (non-hydrogen) atoms. The maximum absolute atomic E-state index is 12.5. The molecule has 0 unspecified atom stereocenters. The fourth-order valence-corrected chi connectivity index (χ4v) is 4.28. The van der Waals surface area contributed by atoms with E-state index in [1.54, 1.807) is 38.3 Å². The number of sulfonamides is 1. The van der Waals surface area contributed by atoms with Crippen molar-refractivity contribution in [2.45, 2.75) is 18.7 Å². The Morgan fingerprint density at radius 1 is 1.03 bits per heavy atom. The number of nitrogens with zero attached hydrogens (tertiary/aromatic N) is 3. The molecule has 0 radical (unpaired) electrons. The number of rotatable bonds is 7. The second-order valence-electron chi connectivity index (χ2n) is 6.22. The molecular weight excluding hydrogens is 388 g/mol. The first-order valence-electron chi connectivity index (χ1n) is 9.25. The molecule has 0 aliphatic heterocycles. The quantitative estimate of drug-likeness (QED) is 0.603. The first-order chi connectivity index (χ1) is 13.9. The fraction of sp³-hybridized carbons (Fsp3) is 0.190. The Bertz CT molecular complexity index is 1140. The predicted molar refractivity (Wildman–Crippen MR) is 114 cm³/mol. The summed E-state index contributed by atoms with van der Waals surface area (Å²) < 4.78 is 26.4. The molecule has 0 fully saturated rings. The maximum Gasteiger partial charge on any atom is 0.248 e. The maximum atomic E-state index is 12.5. The average Bonchev–Trinajstić information content (AvgIpc) is 2.73. The number of fused-ring (bicyclic) bond motifs is 1. The van der Waals surface area contributed by atoms with Gasteiger partial charge in [0.25, 0.3) is 0 Å². The van der Waals surface area contributed by atoms with Crippen molar-refractivity contribution in [1.82, 2.24) is 14.3 Å². The summed E-state index contributed by atoms with van der Waals surface area (Å²) in [5, 5.41) is 2.70. The number of hydrogen-bond acceptors (Lipinski definition) is 5. The minimum absolute atomic E-state index is 0.196. The van der Waals surface area contributed by atoms with E-state index in [1.807, 2.05) is 24.3 Å². The van der Waals surface area contributed by atoms with Crippen molar-refractivity contribution in [3.8, 4) is 0 Å². The fourth-order valence-electron chi connectivity index (χ4n) is 2.82. The lowest BCUT2D eigenvalue weighted by atomic mass is 10.3. The molecule has 0 aliphatic carbocycles. The van der Waals surface area contributed by atoms with Gasteiger partial charge < -0.3 is 5.32 Å². The van der Waals surface area contributed by atoms with Crippen LogP contribution in [0.15, 0.2) is 65.7 Å². The number of nitrogens with one attached hydrogen (secondary N) is 1. The van der Waals surface area contributed by atoms with E-state index in [0.717, 1.165) is 11.0 Å². The van der Waals surface area contributed by atoms with E-state index in [4.69, 9.17) is 0 Å². The van der Waals surface area contributed by atoms with E-state index in [0.29, 0.717) is 24.5 Å². The summed E-state index contributed by atoms with van der Waals surface area (Å²) in [5.41, 5.74) is 2.61. The van der Waals surface area contributed by atoms with Crippen LogP contribution in [0.25, 0.3) is 17.1 Å². The van der Waals surface area contributed by atoms with Crippen LogP contribution in [0.5, 0.6) is 0 Å². The number of aromatic nitrogens is 2. The topological polar surface area (TPSA) is 92.3 Å². The van der Waals surface area contributed by atoms with Gasteiger partial charge in [-0.2, -0.15) is 4.31 Å². The van der Waals surface area contributed by atoms with Gasteiger partial charge in [0.15, 0.2) is 0 Å². The van der Waals surface area contributed by atoms with E-state index in [-0.39, 0.29) is 10.8 Å². The molecule has 1 N–H and O–H groups in total. The minimum atomic E-state index is -3.52. The number of carbonyl (C=O) groups is 1. The molecule has 1 amide bonds. The van der Waals surface area contributed by atoms with Gasteiger partial charge in [-0.15, -0.1) is 0 Å². The third-order valence-electron chi connectivity index (χ3n) is 4.34. The SMILES string of the molecule is CCN(CC)S(=O)(=O)c1ccc(NC(=O)/C=C/c2cnc3ccccc3n2)cc1. The second-order valence-corrected chi connectivity index (χ2v) is 8.16. The molecule has 2 aromatic carbocycles. The van der Waals surface area contributed by atoms with Gasteiger partial charge in [-0.05, 0) is 42.5 Å². The number of para-hydroxylation sites is 2. The number of hydrogen-bond donors (Lipinski definition) is 1. The van der Waals surface area contributed by atoms with Crippen molar-refractivity contribution in [3.05, 3.63) is 66.5 Å². The standard InChI is InChI=1S/C21H22N4O3S/c1-3-25(4-2)29(27,28)18-12-9-16(10-13-18)24-21(26)14-11-17-15-22-19-7-5-6-8-20(19)23-17/h5-15H,3-4H2,1-2H3,(H,24,26)/b14-11+. The molecule has 7 nitrogen and oxygen atoms in total. The van der Waals surface area contributed by atoms with Crippen LogP contribution < -0.4 is 5.32 Å². The molecule has 1 aromatic heterocycles. The number of anilines is 1. The Kier molecular flexibility index (Phi) is 6.36. The highest BCUT2D eigenvalue weighted by Crippen LogP contribution is 2.18. The molecule has 0 spiro atoms. The third-order valence-corrected chi connectivity index (χ3v) is 6.40. The Balaban J connectivity index is 1.68. The summed E-state index contributed by atoms with van der Waals surface area (Å²) in [7, 11) is -3.52. The van der Waals surface area contributed by atoms with E-state index in [1.165, 1.54) is 22.5 Å². The first kappa shape index (κ1) is 20.6. The van der Waals surface area contributed by atoms with E-state index in [9.17, 15) is 13.2 Å². The van der Waals surface area contributed by atoms with Gasteiger partial charge in [-0.3, -0.25) is 9.78 Å². The second kappa shape index (κ2) is 8.93. The van der Waals surface area contributed by atoms with Crippen LogP contribution in [0.4, 0.5) is 5.69 Å². The van der Waals surface area contributed by atoms with Gasteiger partial charge in [0.05, 0.1) is 27.8 Å². The highest BCUT2D eigenvalue weighted by molar-refractivity contribution is 7.89. The number of carbonyl (C=O) groups excluding carboxylic acids is 1. The monoisotopic (exact) mass is 410 g/mol. The molecule has 0 bridgehead atoms. The van der Waals surface area contributed by atoms with Crippen LogP contribution in [0.3, 0.4) is 0 Å². The number of amides is 1. The largest absolute Gasteiger partial charge is 0.323 e. The zero-order chi connectivity index (χ0) is 20.9. The van der Waals surface area contributed by atoms with Gasteiger partial charge in [-0.1, -0.05) is 26.0 Å². The Morgan fingerprint density at radius 2 is 1.69 bits per heavy atom. The van der Waals surface area contributed by atoms with Gasteiger partial charge >= 0.3 is 0 Å². The lowest BCUT2D eigenvalue weighted by Gasteiger charge is -2.18. The Hall–Kier alpha value is -3.10. The normalized spacial score (nSPS) is 12.0.